The molecule has 3 N–H and O–H groups in total. The first-order chi connectivity index (χ1) is 6.98. The second-order valence-electron chi connectivity index (χ2n) is 5.44. The molecule has 1 rings (SSSR count). The van der Waals surface area contributed by atoms with Crippen LogP contribution in [0.5, 0.6) is 0 Å². The molecule has 96 valence electrons. The summed E-state index contributed by atoms with van der Waals surface area (Å²) in [5, 5.41) is 3.06. The number of nitrogens with one attached hydrogen (secondary N) is 1. The molecule has 0 aromatic carbocycles. The Morgan fingerprint density at radius 1 is 1.50 bits per heavy atom. The van der Waals surface area contributed by atoms with Gasteiger partial charge in [0.15, 0.2) is 0 Å². The van der Waals surface area contributed by atoms with Crippen LogP contribution < -0.4 is 11.1 Å². The van der Waals surface area contributed by atoms with Crippen molar-refractivity contribution >= 4 is 18.3 Å². The lowest BCUT2D eigenvalue weighted by atomic mass is 9.86. The number of amides is 1. The highest BCUT2D eigenvalue weighted by Crippen LogP contribution is 2.32. The highest BCUT2D eigenvalue weighted by Gasteiger charge is 2.32. The quantitative estimate of drug-likeness (QED) is 0.756. The van der Waals surface area contributed by atoms with Gasteiger partial charge < -0.3 is 11.1 Å². The third-order valence-electron chi connectivity index (χ3n) is 3.39. The zero-order valence-electron chi connectivity index (χ0n) is 10.6. The molecule has 0 radical (unpaired) electrons. The maximum Gasteiger partial charge on any atom is 0.220 e. The molecule has 0 spiro atoms. The van der Waals surface area contributed by atoms with Crippen molar-refractivity contribution < 1.29 is 4.79 Å². The molecule has 0 saturated heterocycles. The Bertz CT molecular complexity index is 227. The zero-order valence-corrected chi connectivity index (χ0v) is 11.4. The van der Waals surface area contributed by atoms with Crippen molar-refractivity contribution in [1.29, 1.82) is 0 Å². The summed E-state index contributed by atoms with van der Waals surface area (Å²) in [5.41, 5.74) is 5.75. The van der Waals surface area contributed by atoms with E-state index in [1.54, 1.807) is 0 Å². The lowest BCUT2D eigenvalue weighted by Crippen LogP contribution is -2.43. The molecule has 3 nitrogen and oxygen atoms in total. The molecule has 4 heteroatoms. The van der Waals surface area contributed by atoms with E-state index in [0.29, 0.717) is 18.9 Å². The fourth-order valence-electron chi connectivity index (χ4n) is 1.69. The van der Waals surface area contributed by atoms with Crippen LogP contribution in [0.3, 0.4) is 0 Å². The Kier molecular flexibility index (Phi) is 6.34. The molecule has 0 aliphatic heterocycles. The van der Waals surface area contributed by atoms with Crippen molar-refractivity contribution in [3.63, 3.8) is 0 Å². The monoisotopic (exact) mass is 248 g/mol. The summed E-state index contributed by atoms with van der Waals surface area (Å²) in [6, 6.07) is 0.213. The molecule has 16 heavy (non-hydrogen) atoms. The first-order valence-corrected chi connectivity index (χ1v) is 5.98. The van der Waals surface area contributed by atoms with Crippen LogP contribution in [0.1, 0.15) is 46.5 Å². The van der Waals surface area contributed by atoms with Gasteiger partial charge in [-0.05, 0) is 24.2 Å². The minimum Gasteiger partial charge on any atom is -0.352 e. The topological polar surface area (TPSA) is 55.1 Å². The second-order valence-corrected chi connectivity index (χ2v) is 5.44. The molecule has 1 unspecified atom stereocenters. The fraction of sp³-hybridized carbons (Fsp3) is 0.917. The number of carbonyl (C=O) groups is 1. The van der Waals surface area contributed by atoms with E-state index in [1.807, 2.05) is 0 Å². The van der Waals surface area contributed by atoms with E-state index in [2.05, 4.69) is 26.1 Å². The van der Waals surface area contributed by atoms with Gasteiger partial charge in [-0.25, -0.2) is 0 Å². The molecule has 0 bridgehead atoms. The molecule has 1 aliphatic carbocycles. The molecule has 1 atom stereocenters. The van der Waals surface area contributed by atoms with Gasteiger partial charge in [-0.2, -0.15) is 0 Å². The number of rotatable bonds is 6. The second kappa shape index (κ2) is 6.45. The average Bonchev–Trinajstić information content (AvgIpc) is 2.97. The molecular formula is C12H25ClN2O. The normalized spacial score (nSPS) is 17.5. The fourth-order valence-corrected chi connectivity index (χ4v) is 1.69. The van der Waals surface area contributed by atoms with Gasteiger partial charge in [0, 0.05) is 19.0 Å². The van der Waals surface area contributed by atoms with Crippen molar-refractivity contribution in [2.45, 2.75) is 52.5 Å². The van der Waals surface area contributed by atoms with Crippen molar-refractivity contribution in [1.82, 2.24) is 5.32 Å². The van der Waals surface area contributed by atoms with Gasteiger partial charge in [-0.15, -0.1) is 12.4 Å². The highest BCUT2D eigenvalue weighted by molar-refractivity contribution is 5.85. The van der Waals surface area contributed by atoms with Crippen molar-refractivity contribution in [3.8, 4) is 0 Å². The van der Waals surface area contributed by atoms with Crippen LogP contribution in [-0.2, 0) is 4.79 Å². The summed E-state index contributed by atoms with van der Waals surface area (Å²) in [4.78, 5) is 11.8. The SMILES string of the molecule is CCC(C)(C)CC(=O)NC(CN)C1CC1.Cl. The molecule has 1 amide bonds. The third kappa shape index (κ3) is 5.17. The molecule has 0 heterocycles. The third-order valence-corrected chi connectivity index (χ3v) is 3.39. The predicted octanol–water partition coefficient (Wildman–Crippen LogP) is 2.09. The van der Waals surface area contributed by atoms with Crippen molar-refractivity contribution in [3.05, 3.63) is 0 Å². The van der Waals surface area contributed by atoms with Crippen molar-refractivity contribution in [2.75, 3.05) is 6.54 Å². The minimum absolute atomic E-state index is 0. The van der Waals surface area contributed by atoms with E-state index in [0.717, 1.165) is 6.42 Å². The first kappa shape index (κ1) is 15.7. The first-order valence-electron chi connectivity index (χ1n) is 5.98. The van der Waals surface area contributed by atoms with Crippen LogP contribution in [-0.4, -0.2) is 18.5 Å². The smallest absolute Gasteiger partial charge is 0.220 e. The summed E-state index contributed by atoms with van der Waals surface area (Å²) in [7, 11) is 0. The van der Waals surface area contributed by atoms with E-state index in [4.69, 9.17) is 5.73 Å². The molecule has 1 saturated carbocycles. The van der Waals surface area contributed by atoms with E-state index >= 15 is 0 Å². The summed E-state index contributed by atoms with van der Waals surface area (Å²) in [5.74, 6) is 0.799. The predicted molar refractivity (Wildman–Crippen MR) is 69.6 cm³/mol. The summed E-state index contributed by atoms with van der Waals surface area (Å²) < 4.78 is 0. The van der Waals surface area contributed by atoms with Crippen LogP contribution in [0, 0.1) is 11.3 Å². The zero-order chi connectivity index (χ0) is 11.5. The van der Waals surface area contributed by atoms with Crippen LogP contribution in [0.25, 0.3) is 0 Å². The minimum atomic E-state index is 0. The summed E-state index contributed by atoms with van der Waals surface area (Å²) >= 11 is 0. The Labute approximate surface area is 105 Å². The summed E-state index contributed by atoms with van der Waals surface area (Å²) in [6.07, 6.45) is 4.07. The van der Waals surface area contributed by atoms with Crippen LogP contribution in [0.4, 0.5) is 0 Å². The van der Waals surface area contributed by atoms with Gasteiger partial charge in [0.1, 0.15) is 0 Å². The number of nitrogens with two attached hydrogens (primary N) is 1. The molecule has 0 aromatic heterocycles. The number of hydrogen-bond donors (Lipinski definition) is 2. The molecule has 0 aromatic rings. The van der Waals surface area contributed by atoms with E-state index in [-0.39, 0.29) is 29.8 Å². The van der Waals surface area contributed by atoms with Gasteiger partial charge in [0.2, 0.25) is 5.91 Å². The maximum atomic E-state index is 11.8. The largest absolute Gasteiger partial charge is 0.352 e. The number of halogens is 1. The lowest BCUT2D eigenvalue weighted by Gasteiger charge is -2.24. The molecule has 1 aliphatic rings. The van der Waals surface area contributed by atoms with Gasteiger partial charge >= 0.3 is 0 Å². The maximum absolute atomic E-state index is 11.8. The standard InChI is InChI=1S/C12H24N2O.ClH/c1-4-12(2,3)7-11(15)14-10(8-13)9-5-6-9;/h9-10H,4-8,13H2,1-3H3,(H,14,15);1H. The van der Waals surface area contributed by atoms with Crippen LogP contribution in [0.2, 0.25) is 0 Å². The highest BCUT2D eigenvalue weighted by atomic mass is 35.5. The number of hydrogen-bond acceptors (Lipinski definition) is 2. The summed E-state index contributed by atoms with van der Waals surface area (Å²) in [6.45, 7) is 6.94. The van der Waals surface area contributed by atoms with Gasteiger partial charge in [-0.1, -0.05) is 27.2 Å². The Morgan fingerprint density at radius 3 is 2.44 bits per heavy atom. The molecular weight excluding hydrogens is 224 g/mol. The van der Waals surface area contributed by atoms with E-state index < -0.39 is 0 Å². The van der Waals surface area contributed by atoms with E-state index in [1.165, 1.54) is 12.8 Å². The Balaban J connectivity index is 0.00000225. The van der Waals surface area contributed by atoms with E-state index in [9.17, 15) is 4.79 Å². The molecule has 1 fully saturated rings. The lowest BCUT2D eigenvalue weighted by molar-refractivity contribution is -0.123. The van der Waals surface area contributed by atoms with Gasteiger partial charge in [0.25, 0.3) is 0 Å². The van der Waals surface area contributed by atoms with Gasteiger partial charge in [-0.3, -0.25) is 4.79 Å². The average molecular weight is 249 g/mol. The van der Waals surface area contributed by atoms with Crippen LogP contribution in [0.15, 0.2) is 0 Å². The van der Waals surface area contributed by atoms with Crippen LogP contribution >= 0.6 is 12.4 Å². The van der Waals surface area contributed by atoms with Crippen molar-refractivity contribution in [2.24, 2.45) is 17.1 Å². The Morgan fingerprint density at radius 2 is 2.06 bits per heavy atom. The number of carbonyl (C=O) groups excluding carboxylic acids is 1. The van der Waals surface area contributed by atoms with Gasteiger partial charge in [0.05, 0.1) is 0 Å². The Hall–Kier alpha value is -0.280.